The van der Waals surface area contributed by atoms with Gasteiger partial charge in [0.1, 0.15) is 11.5 Å². The molecule has 1 aromatic carbocycles. The molecule has 1 saturated carbocycles. The number of halogens is 1. The van der Waals surface area contributed by atoms with Crippen LogP contribution in [0.2, 0.25) is 0 Å². The standard InChI is InChI=1S/C17H21BrO4/c1-17(16(20)22-3)8-4-5-15(19)13(17)10-11-9-12(21-2)6-7-14(11)18/h6-7,9,13H,4-5,8,10H2,1-3H3. The molecule has 2 rings (SSSR count). The van der Waals surface area contributed by atoms with Crippen LogP contribution in [0.25, 0.3) is 0 Å². The summed E-state index contributed by atoms with van der Waals surface area (Å²) in [5, 5.41) is 0. The van der Waals surface area contributed by atoms with Crippen molar-refractivity contribution in [3.8, 4) is 5.75 Å². The lowest BCUT2D eigenvalue weighted by Gasteiger charge is -2.38. The Kier molecular flexibility index (Phi) is 5.27. The van der Waals surface area contributed by atoms with Gasteiger partial charge in [-0.05, 0) is 49.9 Å². The molecule has 1 aromatic rings. The largest absolute Gasteiger partial charge is 0.497 e. The molecule has 0 heterocycles. The lowest BCUT2D eigenvalue weighted by atomic mass is 9.65. The first-order valence-corrected chi connectivity index (χ1v) is 8.15. The zero-order chi connectivity index (χ0) is 16.3. The lowest BCUT2D eigenvalue weighted by Crippen LogP contribution is -2.45. The number of hydrogen-bond donors (Lipinski definition) is 0. The van der Waals surface area contributed by atoms with E-state index in [1.807, 2.05) is 25.1 Å². The van der Waals surface area contributed by atoms with Crippen LogP contribution in [0.5, 0.6) is 5.75 Å². The van der Waals surface area contributed by atoms with Crippen molar-refractivity contribution < 1.29 is 19.1 Å². The fourth-order valence-electron chi connectivity index (χ4n) is 3.20. The van der Waals surface area contributed by atoms with Crippen molar-refractivity contribution >= 4 is 27.7 Å². The first-order valence-electron chi connectivity index (χ1n) is 7.36. The number of ether oxygens (including phenoxy) is 2. The Morgan fingerprint density at radius 1 is 1.41 bits per heavy atom. The minimum absolute atomic E-state index is 0.133. The minimum Gasteiger partial charge on any atom is -0.497 e. The summed E-state index contributed by atoms with van der Waals surface area (Å²) in [4.78, 5) is 24.7. The molecule has 0 saturated heterocycles. The Morgan fingerprint density at radius 2 is 2.14 bits per heavy atom. The monoisotopic (exact) mass is 368 g/mol. The van der Waals surface area contributed by atoms with E-state index in [4.69, 9.17) is 9.47 Å². The lowest BCUT2D eigenvalue weighted by molar-refractivity contribution is -0.161. The number of carbonyl (C=O) groups is 2. The molecule has 22 heavy (non-hydrogen) atoms. The van der Waals surface area contributed by atoms with E-state index in [0.717, 1.165) is 22.2 Å². The number of rotatable bonds is 4. The zero-order valence-electron chi connectivity index (χ0n) is 13.1. The average Bonchev–Trinajstić information content (AvgIpc) is 2.51. The molecule has 120 valence electrons. The Labute approximate surface area is 139 Å². The molecule has 4 nitrogen and oxygen atoms in total. The average molecular weight is 369 g/mol. The second-order valence-corrected chi connectivity index (χ2v) is 6.80. The van der Waals surface area contributed by atoms with Crippen molar-refractivity contribution in [2.75, 3.05) is 14.2 Å². The van der Waals surface area contributed by atoms with Crippen molar-refractivity contribution in [3.63, 3.8) is 0 Å². The molecule has 1 fully saturated rings. The molecule has 5 heteroatoms. The van der Waals surface area contributed by atoms with Gasteiger partial charge in [-0.15, -0.1) is 0 Å². The zero-order valence-corrected chi connectivity index (χ0v) is 14.7. The van der Waals surface area contributed by atoms with Gasteiger partial charge in [-0.3, -0.25) is 9.59 Å². The molecular weight excluding hydrogens is 348 g/mol. The number of benzene rings is 1. The Bertz CT molecular complexity index is 584. The van der Waals surface area contributed by atoms with E-state index in [0.29, 0.717) is 19.3 Å². The smallest absolute Gasteiger partial charge is 0.312 e. The van der Waals surface area contributed by atoms with Crippen LogP contribution < -0.4 is 4.74 Å². The molecule has 0 bridgehead atoms. The topological polar surface area (TPSA) is 52.6 Å². The molecule has 0 radical (unpaired) electrons. The molecule has 2 unspecified atom stereocenters. The quantitative estimate of drug-likeness (QED) is 0.762. The van der Waals surface area contributed by atoms with Crippen LogP contribution in [0.1, 0.15) is 31.7 Å². The van der Waals surface area contributed by atoms with E-state index in [1.54, 1.807) is 7.11 Å². The summed E-state index contributed by atoms with van der Waals surface area (Å²) in [6, 6.07) is 5.66. The predicted octanol–water partition coefficient (Wildman–Crippen LogP) is 3.55. The van der Waals surface area contributed by atoms with Crippen LogP contribution in [0.3, 0.4) is 0 Å². The number of Topliss-reactive ketones (excluding diaryl/α,β-unsaturated/α-hetero) is 1. The van der Waals surface area contributed by atoms with Gasteiger partial charge in [-0.2, -0.15) is 0 Å². The SMILES string of the molecule is COC(=O)C1(C)CCCC(=O)C1Cc1cc(OC)ccc1Br. The van der Waals surface area contributed by atoms with Crippen molar-refractivity contribution in [1.82, 2.24) is 0 Å². The normalized spacial score (nSPS) is 24.9. The summed E-state index contributed by atoms with van der Waals surface area (Å²) in [6.45, 7) is 1.84. The van der Waals surface area contributed by atoms with Crippen LogP contribution >= 0.6 is 15.9 Å². The van der Waals surface area contributed by atoms with E-state index >= 15 is 0 Å². The van der Waals surface area contributed by atoms with Crippen LogP contribution in [-0.2, 0) is 20.7 Å². The van der Waals surface area contributed by atoms with Crippen LogP contribution in [-0.4, -0.2) is 26.0 Å². The van der Waals surface area contributed by atoms with Crippen LogP contribution in [0.4, 0.5) is 0 Å². The molecule has 0 amide bonds. The summed E-state index contributed by atoms with van der Waals surface area (Å²) in [7, 11) is 2.99. The van der Waals surface area contributed by atoms with E-state index in [-0.39, 0.29) is 17.7 Å². The third-order valence-corrected chi connectivity index (χ3v) is 5.38. The summed E-state index contributed by atoms with van der Waals surface area (Å²) >= 11 is 3.52. The van der Waals surface area contributed by atoms with Crippen molar-refractivity contribution in [3.05, 3.63) is 28.2 Å². The van der Waals surface area contributed by atoms with Gasteiger partial charge in [0.05, 0.1) is 19.6 Å². The highest BCUT2D eigenvalue weighted by molar-refractivity contribution is 9.10. The summed E-state index contributed by atoms with van der Waals surface area (Å²) in [6.07, 6.45) is 2.44. The third-order valence-electron chi connectivity index (χ3n) is 4.61. The molecule has 1 aliphatic rings. The first-order chi connectivity index (χ1) is 10.4. The van der Waals surface area contributed by atoms with Gasteiger partial charge >= 0.3 is 5.97 Å². The number of methoxy groups -OCH3 is 2. The van der Waals surface area contributed by atoms with E-state index in [9.17, 15) is 9.59 Å². The van der Waals surface area contributed by atoms with E-state index in [2.05, 4.69) is 15.9 Å². The van der Waals surface area contributed by atoms with Gasteiger partial charge < -0.3 is 9.47 Å². The number of ketones is 1. The molecule has 0 N–H and O–H groups in total. The Balaban J connectivity index is 2.35. The maximum atomic E-state index is 12.4. The molecule has 0 aromatic heterocycles. The highest BCUT2D eigenvalue weighted by Gasteiger charge is 2.48. The molecule has 1 aliphatic carbocycles. The molecule has 2 atom stereocenters. The Hall–Kier alpha value is -1.36. The maximum absolute atomic E-state index is 12.4. The Morgan fingerprint density at radius 3 is 2.77 bits per heavy atom. The number of esters is 1. The fourth-order valence-corrected chi connectivity index (χ4v) is 3.61. The van der Waals surface area contributed by atoms with E-state index < -0.39 is 5.41 Å². The van der Waals surface area contributed by atoms with Gasteiger partial charge in [0, 0.05) is 16.8 Å². The summed E-state index contributed by atoms with van der Waals surface area (Å²) in [5.74, 6) is 0.205. The number of hydrogen-bond acceptors (Lipinski definition) is 4. The summed E-state index contributed by atoms with van der Waals surface area (Å²) < 4.78 is 11.1. The van der Waals surface area contributed by atoms with Gasteiger partial charge in [-0.25, -0.2) is 0 Å². The first kappa shape index (κ1) is 17.0. The van der Waals surface area contributed by atoms with E-state index in [1.165, 1.54) is 7.11 Å². The second-order valence-electron chi connectivity index (χ2n) is 5.94. The van der Waals surface area contributed by atoms with Gasteiger partial charge in [-0.1, -0.05) is 15.9 Å². The highest BCUT2D eigenvalue weighted by Crippen LogP contribution is 2.42. The van der Waals surface area contributed by atoms with Gasteiger partial charge in [0.2, 0.25) is 0 Å². The highest BCUT2D eigenvalue weighted by atomic mass is 79.9. The molecular formula is C17H21BrO4. The predicted molar refractivity (Wildman–Crippen MR) is 86.9 cm³/mol. The summed E-state index contributed by atoms with van der Waals surface area (Å²) in [5.41, 5.74) is 0.210. The molecule has 0 spiro atoms. The third kappa shape index (κ3) is 3.19. The van der Waals surface area contributed by atoms with Crippen molar-refractivity contribution in [1.29, 1.82) is 0 Å². The minimum atomic E-state index is -0.757. The van der Waals surface area contributed by atoms with Crippen LogP contribution in [0, 0.1) is 11.3 Å². The second kappa shape index (κ2) is 6.82. The van der Waals surface area contributed by atoms with Crippen molar-refractivity contribution in [2.24, 2.45) is 11.3 Å². The maximum Gasteiger partial charge on any atom is 0.312 e. The van der Waals surface area contributed by atoms with Crippen molar-refractivity contribution in [2.45, 2.75) is 32.6 Å². The van der Waals surface area contributed by atoms with Gasteiger partial charge in [0.15, 0.2) is 0 Å². The fraction of sp³-hybridized carbons (Fsp3) is 0.529. The van der Waals surface area contributed by atoms with Gasteiger partial charge in [0.25, 0.3) is 0 Å². The molecule has 0 aliphatic heterocycles. The number of carbonyl (C=O) groups excluding carboxylic acids is 2. The van der Waals surface area contributed by atoms with Crippen LogP contribution in [0.15, 0.2) is 22.7 Å².